The highest BCUT2D eigenvalue weighted by atomic mass is 16.3. The smallest absolute Gasteiger partial charge is 0.0943 e. The Morgan fingerprint density at radius 2 is 2.29 bits per heavy atom. The summed E-state index contributed by atoms with van der Waals surface area (Å²) in [5.74, 6) is 0.859. The molecule has 2 nitrogen and oxygen atoms in total. The largest absolute Gasteiger partial charge is 0.512 e. The highest BCUT2D eigenvalue weighted by molar-refractivity contribution is 5.17. The number of allylic oxidation sites excluding steroid dienone is 2. The zero-order valence-corrected chi connectivity index (χ0v) is 9.08. The molecule has 2 heteroatoms. The van der Waals surface area contributed by atoms with E-state index in [9.17, 15) is 5.11 Å². The quantitative estimate of drug-likeness (QED) is 0.744. The minimum atomic E-state index is 0.118. The van der Waals surface area contributed by atoms with E-state index in [2.05, 4.69) is 13.0 Å². The maximum absolute atomic E-state index is 9.85. The van der Waals surface area contributed by atoms with Crippen molar-refractivity contribution in [1.82, 2.24) is 0 Å². The molecule has 2 atom stereocenters. The lowest BCUT2D eigenvalue weighted by atomic mass is 9.81. The van der Waals surface area contributed by atoms with Crippen LogP contribution in [-0.2, 0) is 0 Å². The van der Waals surface area contributed by atoms with Crippen molar-refractivity contribution in [2.75, 3.05) is 0 Å². The summed E-state index contributed by atoms with van der Waals surface area (Å²) in [4.78, 5) is 0. The molecule has 78 valence electrons. The number of hydrogen-bond donors (Lipinski definition) is 1. The van der Waals surface area contributed by atoms with Gasteiger partial charge in [-0.2, -0.15) is 5.26 Å². The topological polar surface area (TPSA) is 44.0 Å². The van der Waals surface area contributed by atoms with Gasteiger partial charge in [-0.15, -0.1) is 0 Å². The van der Waals surface area contributed by atoms with E-state index in [0.29, 0.717) is 5.76 Å². The Bertz CT molecular complexity index is 262. The Morgan fingerprint density at radius 1 is 1.57 bits per heavy atom. The van der Waals surface area contributed by atoms with Crippen molar-refractivity contribution < 1.29 is 5.11 Å². The Kier molecular flexibility index (Phi) is 4.00. The van der Waals surface area contributed by atoms with Crippen LogP contribution in [0.2, 0.25) is 0 Å². The van der Waals surface area contributed by atoms with Crippen molar-refractivity contribution in [2.24, 2.45) is 11.8 Å². The normalized spacial score (nSPS) is 27.5. The van der Waals surface area contributed by atoms with Crippen LogP contribution in [0.3, 0.4) is 0 Å². The first-order valence-corrected chi connectivity index (χ1v) is 5.49. The van der Waals surface area contributed by atoms with Crippen molar-refractivity contribution in [2.45, 2.75) is 46.0 Å². The van der Waals surface area contributed by atoms with Crippen LogP contribution in [0.25, 0.3) is 0 Å². The minimum Gasteiger partial charge on any atom is -0.512 e. The van der Waals surface area contributed by atoms with E-state index in [-0.39, 0.29) is 11.8 Å². The predicted molar refractivity (Wildman–Crippen MR) is 56.7 cm³/mol. The van der Waals surface area contributed by atoms with Gasteiger partial charge in [0.25, 0.3) is 0 Å². The molecule has 0 aromatic rings. The number of aliphatic hydroxyl groups is 1. The Hall–Kier alpha value is -0.970. The summed E-state index contributed by atoms with van der Waals surface area (Å²) in [6.07, 6.45) is 4.82. The van der Waals surface area contributed by atoms with Gasteiger partial charge in [0.2, 0.25) is 0 Å². The van der Waals surface area contributed by atoms with Gasteiger partial charge >= 0.3 is 0 Å². The van der Waals surface area contributed by atoms with Gasteiger partial charge in [-0.1, -0.05) is 20.3 Å². The van der Waals surface area contributed by atoms with E-state index < -0.39 is 0 Å². The van der Waals surface area contributed by atoms with Crippen LogP contribution in [0.5, 0.6) is 0 Å². The average Bonchev–Trinajstić information content (AvgIpc) is 2.20. The van der Waals surface area contributed by atoms with Crippen LogP contribution in [-0.4, -0.2) is 5.11 Å². The molecule has 0 saturated heterocycles. The van der Waals surface area contributed by atoms with Gasteiger partial charge in [-0.05, 0) is 31.3 Å². The number of unbranched alkanes of at least 4 members (excludes halogenated alkanes) is 1. The molecule has 2 unspecified atom stereocenters. The summed E-state index contributed by atoms with van der Waals surface area (Å²) in [7, 11) is 0. The van der Waals surface area contributed by atoms with Crippen molar-refractivity contribution >= 4 is 0 Å². The van der Waals surface area contributed by atoms with E-state index in [1.807, 2.05) is 6.92 Å². The predicted octanol–water partition coefficient (Wildman–Crippen LogP) is 3.56. The molecule has 0 bridgehead atoms. The fraction of sp³-hybridized carbons (Fsp3) is 0.750. The molecule has 1 N–H and O–H groups in total. The third kappa shape index (κ3) is 2.51. The van der Waals surface area contributed by atoms with E-state index in [0.717, 1.165) is 37.7 Å². The number of nitrogens with zero attached hydrogens (tertiary/aromatic N) is 1. The van der Waals surface area contributed by atoms with Crippen LogP contribution < -0.4 is 0 Å². The van der Waals surface area contributed by atoms with Crippen LogP contribution >= 0.6 is 0 Å². The number of hydrogen-bond acceptors (Lipinski definition) is 2. The summed E-state index contributed by atoms with van der Waals surface area (Å²) in [5, 5.41) is 18.7. The third-order valence-corrected chi connectivity index (χ3v) is 2.97. The molecule has 0 heterocycles. The zero-order valence-electron chi connectivity index (χ0n) is 9.08. The first-order chi connectivity index (χ1) is 6.69. The van der Waals surface area contributed by atoms with Gasteiger partial charge in [0.05, 0.1) is 17.7 Å². The average molecular weight is 193 g/mol. The minimum absolute atomic E-state index is 0.118. The van der Waals surface area contributed by atoms with Gasteiger partial charge in [0.1, 0.15) is 0 Å². The second-order valence-corrected chi connectivity index (χ2v) is 4.26. The van der Waals surface area contributed by atoms with Gasteiger partial charge in [0, 0.05) is 5.92 Å². The highest BCUT2D eigenvalue weighted by Crippen LogP contribution is 2.34. The maximum atomic E-state index is 9.85. The van der Waals surface area contributed by atoms with Crippen LogP contribution in [0.4, 0.5) is 0 Å². The number of rotatable bonds is 3. The third-order valence-electron chi connectivity index (χ3n) is 2.97. The lowest BCUT2D eigenvalue weighted by molar-refractivity contribution is 0.281. The van der Waals surface area contributed by atoms with E-state index >= 15 is 0 Å². The van der Waals surface area contributed by atoms with E-state index in [1.165, 1.54) is 0 Å². The summed E-state index contributed by atoms with van der Waals surface area (Å²) in [5.41, 5.74) is 1.12. The van der Waals surface area contributed by atoms with Crippen LogP contribution in [0.15, 0.2) is 11.3 Å². The molecule has 0 spiro atoms. The summed E-state index contributed by atoms with van der Waals surface area (Å²) < 4.78 is 0. The molecular weight excluding hydrogens is 174 g/mol. The molecule has 14 heavy (non-hydrogen) atoms. The standard InChI is InChI=1S/C12H19NO/c1-3-4-5-11-7-10(8-13)6-9(2)12(11)14/h9-10,14H,3-7H2,1-2H3. The lowest BCUT2D eigenvalue weighted by Gasteiger charge is -2.25. The molecule has 1 rings (SSSR count). The summed E-state index contributed by atoms with van der Waals surface area (Å²) in [6.45, 7) is 4.15. The van der Waals surface area contributed by atoms with E-state index in [1.54, 1.807) is 0 Å². The highest BCUT2D eigenvalue weighted by Gasteiger charge is 2.25. The first kappa shape index (κ1) is 11.1. The van der Waals surface area contributed by atoms with Crippen molar-refractivity contribution in [3.8, 4) is 6.07 Å². The monoisotopic (exact) mass is 193 g/mol. The van der Waals surface area contributed by atoms with Gasteiger partial charge in [-0.25, -0.2) is 0 Å². The summed E-state index contributed by atoms with van der Waals surface area (Å²) in [6, 6.07) is 2.32. The molecule has 0 fully saturated rings. The second kappa shape index (κ2) is 5.05. The molecule has 1 aliphatic rings. The van der Waals surface area contributed by atoms with Gasteiger partial charge in [-0.3, -0.25) is 0 Å². The molecule has 1 aliphatic carbocycles. The molecule has 0 saturated carbocycles. The summed E-state index contributed by atoms with van der Waals surface area (Å²) >= 11 is 0. The SMILES string of the molecule is CCCCC1=C(O)C(C)CC(C#N)C1. The Labute approximate surface area is 86.2 Å². The van der Waals surface area contributed by atoms with Crippen LogP contribution in [0.1, 0.15) is 46.0 Å². The molecule has 0 aromatic carbocycles. The van der Waals surface area contributed by atoms with Crippen LogP contribution in [0, 0.1) is 23.2 Å². The van der Waals surface area contributed by atoms with Crippen molar-refractivity contribution in [3.05, 3.63) is 11.3 Å². The molecular formula is C12H19NO. The molecule has 0 radical (unpaired) electrons. The van der Waals surface area contributed by atoms with Crippen molar-refractivity contribution in [3.63, 3.8) is 0 Å². The fourth-order valence-electron chi connectivity index (χ4n) is 2.09. The first-order valence-electron chi connectivity index (χ1n) is 5.49. The molecule has 0 aromatic heterocycles. The Balaban J connectivity index is 2.68. The van der Waals surface area contributed by atoms with E-state index in [4.69, 9.17) is 5.26 Å². The number of aliphatic hydroxyl groups excluding tert-OH is 1. The van der Waals surface area contributed by atoms with Crippen molar-refractivity contribution in [1.29, 1.82) is 5.26 Å². The second-order valence-electron chi connectivity index (χ2n) is 4.26. The van der Waals surface area contributed by atoms with Gasteiger partial charge in [0.15, 0.2) is 0 Å². The molecule has 0 amide bonds. The Morgan fingerprint density at radius 3 is 2.86 bits per heavy atom. The lowest BCUT2D eigenvalue weighted by Crippen LogP contribution is -2.16. The zero-order chi connectivity index (χ0) is 10.6. The fourth-order valence-corrected chi connectivity index (χ4v) is 2.09. The van der Waals surface area contributed by atoms with Gasteiger partial charge < -0.3 is 5.11 Å². The molecule has 0 aliphatic heterocycles. The number of nitriles is 1. The maximum Gasteiger partial charge on any atom is 0.0943 e.